The Bertz CT molecular complexity index is 1190. The van der Waals surface area contributed by atoms with E-state index in [4.69, 9.17) is 23.9 Å². The number of methoxy groups -OCH3 is 4. The van der Waals surface area contributed by atoms with Crippen LogP contribution in [0.1, 0.15) is 0 Å². The van der Waals surface area contributed by atoms with Gasteiger partial charge < -0.3 is 24.1 Å². The normalized spacial score (nSPS) is 10.8. The summed E-state index contributed by atoms with van der Waals surface area (Å²) in [6.07, 6.45) is 3.38. The maximum atomic E-state index is 10.1. The predicted octanol–water partition coefficient (Wildman–Crippen LogP) is 3.83. The van der Waals surface area contributed by atoms with Gasteiger partial charge >= 0.3 is 0 Å². The first kappa shape index (κ1) is 19.4. The summed E-state index contributed by atoms with van der Waals surface area (Å²) in [5, 5.41) is 10.1. The number of fused-ring (bicyclic) bond motifs is 1. The molecule has 30 heavy (non-hydrogen) atoms. The lowest BCUT2D eigenvalue weighted by atomic mass is 10.1. The zero-order valence-corrected chi connectivity index (χ0v) is 17.0. The summed E-state index contributed by atoms with van der Waals surface area (Å²) >= 11 is 0. The van der Waals surface area contributed by atoms with Crippen LogP contribution < -0.4 is 18.9 Å². The fraction of sp³-hybridized carbons (Fsp3) is 0.182. The highest BCUT2D eigenvalue weighted by molar-refractivity contribution is 5.84. The van der Waals surface area contributed by atoms with E-state index in [1.165, 1.54) is 0 Å². The van der Waals surface area contributed by atoms with Crippen molar-refractivity contribution in [3.8, 4) is 45.8 Å². The van der Waals surface area contributed by atoms with Gasteiger partial charge in [-0.2, -0.15) is 0 Å². The lowest BCUT2D eigenvalue weighted by molar-refractivity contribution is 0.324. The number of hydrogen-bond acceptors (Lipinski definition) is 7. The number of imidazole rings is 1. The Labute approximate surface area is 173 Å². The SMILES string of the molecule is COc1ccc(O)cc1-c1nc2cnccc2n1-c1cc(OC)c(OC)c(OC)c1. The van der Waals surface area contributed by atoms with Gasteiger partial charge in [-0.15, -0.1) is 0 Å². The van der Waals surface area contributed by atoms with Gasteiger partial charge in [0, 0.05) is 18.3 Å². The molecule has 8 heteroatoms. The summed E-state index contributed by atoms with van der Waals surface area (Å²) in [4.78, 5) is 8.94. The molecule has 0 bridgehead atoms. The number of pyridine rings is 1. The van der Waals surface area contributed by atoms with Gasteiger partial charge in [0.2, 0.25) is 5.75 Å². The first-order chi connectivity index (χ1) is 14.6. The molecule has 2 aromatic heterocycles. The fourth-order valence-electron chi connectivity index (χ4n) is 3.44. The molecule has 154 valence electrons. The van der Waals surface area contributed by atoms with Crippen LogP contribution in [0.5, 0.6) is 28.7 Å². The second-order valence-electron chi connectivity index (χ2n) is 6.40. The van der Waals surface area contributed by atoms with E-state index >= 15 is 0 Å². The Morgan fingerprint density at radius 2 is 1.53 bits per heavy atom. The number of aromatic nitrogens is 3. The van der Waals surface area contributed by atoms with Crippen LogP contribution in [0.3, 0.4) is 0 Å². The quantitative estimate of drug-likeness (QED) is 0.520. The minimum Gasteiger partial charge on any atom is -0.508 e. The molecule has 1 N–H and O–H groups in total. The molecule has 0 saturated heterocycles. The van der Waals surface area contributed by atoms with Gasteiger partial charge in [0.25, 0.3) is 0 Å². The van der Waals surface area contributed by atoms with E-state index in [9.17, 15) is 5.11 Å². The van der Waals surface area contributed by atoms with Crippen LogP contribution in [0.25, 0.3) is 28.1 Å². The van der Waals surface area contributed by atoms with Gasteiger partial charge in [-0.25, -0.2) is 4.98 Å². The average Bonchev–Trinajstić information content (AvgIpc) is 3.17. The number of aromatic hydroxyl groups is 1. The topological polar surface area (TPSA) is 87.9 Å². The molecule has 0 unspecified atom stereocenters. The monoisotopic (exact) mass is 407 g/mol. The fourth-order valence-corrected chi connectivity index (χ4v) is 3.44. The lowest BCUT2D eigenvalue weighted by Gasteiger charge is -2.17. The van der Waals surface area contributed by atoms with Gasteiger partial charge in [-0.3, -0.25) is 9.55 Å². The minimum atomic E-state index is 0.104. The van der Waals surface area contributed by atoms with Crippen molar-refractivity contribution in [2.45, 2.75) is 0 Å². The van der Waals surface area contributed by atoms with E-state index in [0.717, 1.165) is 11.2 Å². The highest BCUT2D eigenvalue weighted by Gasteiger charge is 2.21. The molecule has 2 heterocycles. The summed E-state index contributed by atoms with van der Waals surface area (Å²) in [7, 11) is 6.26. The van der Waals surface area contributed by atoms with Crippen molar-refractivity contribution in [1.29, 1.82) is 0 Å². The molecule has 0 aliphatic heterocycles. The molecule has 0 atom stereocenters. The first-order valence-corrected chi connectivity index (χ1v) is 9.11. The van der Waals surface area contributed by atoms with Crippen LogP contribution >= 0.6 is 0 Å². The van der Waals surface area contributed by atoms with E-state index in [2.05, 4.69) is 4.98 Å². The molecule has 0 fully saturated rings. The third-order valence-electron chi connectivity index (χ3n) is 4.79. The second kappa shape index (κ2) is 7.82. The van der Waals surface area contributed by atoms with Gasteiger partial charge in [0.05, 0.1) is 51.4 Å². The number of hydrogen-bond donors (Lipinski definition) is 1. The molecule has 8 nitrogen and oxygen atoms in total. The number of phenolic OH excluding ortho intramolecular Hbond substituents is 1. The standard InChI is InChI=1S/C22H21N3O5/c1-27-18-6-5-14(26)11-15(18)22-24-16-12-23-8-7-17(16)25(22)13-9-19(28-2)21(30-4)20(10-13)29-3/h5-12,26H,1-4H3. The van der Waals surface area contributed by atoms with Gasteiger partial charge in [-0.05, 0) is 24.3 Å². The number of phenols is 1. The highest BCUT2D eigenvalue weighted by atomic mass is 16.5. The van der Waals surface area contributed by atoms with E-state index in [0.29, 0.717) is 39.9 Å². The summed E-state index contributed by atoms with van der Waals surface area (Å²) in [6, 6.07) is 10.4. The smallest absolute Gasteiger partial charge is 0.203 e. The average molecular weight is 407 g/mol. The van der Waals surface area contributed by atoms with Crippen molar-refractivity contribution < 1.29 is 24.1 Å². The number of rotatable bonds is 6. The van der Waals surface area contributed by atoms with Crippen LogP contribution in [0, 0.1) is 0 Å². The molecular weight excluding hydrogens is 386 g/mol. The summed E-state index contributed by atoms with van der Waals surface area (Å²) in [5.41, 5.74) is 2.87. The largest absolute Gasteiger partial charge is 0.508 e. The number of benzene rings is 2. The summed E-state index contributed by atoms with van der Waals surface area (Å²) in [5.74, 6) is 2.76. The molecule has 4 aromatic rings. The third kappa shape index (κ3) is 3.12. The van der Waals surface area contributed by atoms with Gasteiger partial charge in [0.1, 0.15) is 22.8 Å². The van der Waals surface area contributed by atoms with E-state index in [1.807, 2.05) is 22.8 Å². The van der Waals surface area contributed by atoms with Crippen LogP contribution in [0.4, 0.5) is 0 Å². The van der Waals surface area contributed by atoms with Crippen molar-refractivity contribution >= 4 is 11.0 Å². The van der Waals surface area contributed by atoms with Crippen molar-refractivity contribution in [1.82, 2.24) is 14.5 Å². The Kier molecular flexibility index (Phi) is 5.05. The minimum absolute atomic E-state index is 0.104. The maximum absolute atomic E-state index is 10.1. The molecule has 0 spiro atoms. The molecule has 4 rings (SSSR count). The van der Waals surface area contributed by atoms with Crippen molar-refractivity contribution in [3.05, 3.63) is 48.8 Å². The van der Waals surface area contributed by atoms with Crippen LogP contribution in [-0.4, -0.2) is 48.1 Å². The molecular formula is C22H21N3O5. The van der Waals surface area contributed by atoms with Gasteiger partial charge in [0.15, 0.2) is 11.5 Å². The molecule has 0 radical (unpaired) electrons. The first-order valence-electron chi connectivity index (χ1n) is 9.11. The van der Waals surface area contributed by atoms with Crippen molar-refractivity contribution in [2.24, 2.45) is 0 Å². The third-order valence-corrected chi connectivity index (χ3v) is 4.79. The Balaban J connectivity index is 2.08. The Morgan fingerprint density at radius 3 is 2.17 bits per heavy atom. The van der Waals surface area contributed by atoms with E-state index < -0.39 is 0 Å². The Hall–Kier alpha value is -3.94. The highest BCUT2D eigenvalue weighted by Crippen LogP contribution is 2.42. The zero-order chi connectivity index (χ0) is 21.3. The maximum Gasteiger partial charge on any atom is 0.203 e. The molecule has 0 saturated carbocycles. The number of nitrogens with zero attached hydrogens (tertiary/aromatic N) is 3. The van der Waals surface area contributed by atoms with Crippen LogP contribution in [-0.2, 0) is 0 Å². The molecule has 0 aliphatic carbocycles. The number of ether oxygens (including phenoxy) is 4. The summed E-state index contributed by atoms with van der Waals surface area (Å²) in [6.45, 7) is 0. The zero-order valence-electron chi connectivity index (χ0n) is 17.0. The predicted molar refractivity (Wildman–Crippen MR) is 112 cm³/mol. The Morgan fingerprint density at radius 1 is 0.833 bits per heavy atom. The van der Waals surface area contributed by atoms with Gasteiger partial charge in [-0.1, -0.05) is 0 Å². The molecule has 2 aromatic carbocycles. The lowest BCUT2D eigenvalue weighted by Crippen LogP contribution is -2.02. The summed E-state index contributed by atoms with van der Waals surface area (Å²) < 4.78 is 23.9. The van der Waals surface area contributed by atoms with E-state index in [-0.39, 0.29) is 5.75 Å². The molecule has 0 aliphatic rings. The molecule has 0 amide bonds. The second-order valence-corrected chi connectivity index (χ2v) is 6.40. The van der Waals surface area contributed by atoms with E-state index in [1.54, 1.807) is 59.0 Å². The van der Waals surface area contributed by atoms with Crippen molar-refractivity contribution in [3.63, 3.8) is 0 Å². The van der Waals surface area contributed by atoms with Crippen LogP contribution in [0.15, 0.2) is 48.8 Å². The van der Waals surface area contributed by atoms with Crippen molar-refractivity contribution in [2.75, 3.05) is 28.4 Å². The van der Waals surface area contributed by atoms with Crippen LogP contribution in [0.2, 0.25) is 0 Å².